The quantitative estimate of drug-likeness (QED) is 0.501. The van der Waals surface area contributed by atoms with Crippen LogP contribution in [-0.4, -0.2) is 16.9 Å². The minimum Gasteiger partial charge on any atom is -0.303 e. The summed E-state index contributed by atoms with van der Waals surface area (Å²) in [5.41, 5.74) is 0.236. The first-order chi connectivity index (χ1) is 6.25. The summed E-state index contributed by atoms with van der Waals surface area (Å²) < 4.78 is 0. The molecule has 0 atom stereocenters. The number of nitrogens with one attached hydrogen (secondary N) is 2. The lowest BCUT2D eigenvalue weighted by Gasteiger charge is -1.89. The number of amides is 3. The Kier molecular flexibility index (Phi) is 1.82. The molecule has 0 spiro atoms. The van der Waals surface area contributed by atoms with Gasteiger partial charge in [-0.15, -0.1) is 11.3 Å². The molecule has 0 radical (unpaired) electrons. The van der Waals surface area contributed by atoms with Crippen molar-refractivity contribution in [2.75, 3.05) is 0 Å². The van der Waals surface area contributed by atoms with E-state index in [9.17, 15) is 9.59 Å². The van der Waals surface area contributed by atoms with Gasteiger partial charge in [-0.05, 0) is 0 Å². The van der Waals surface area contributed by atoms with Crippen LogP contribution < -0.4 is 10.6 Å². The second-order valence-electron chi connectivity index (χ2n) is 2.34. The number of carbonyl (C=O) groups excluding carboxylic acids is 2. The molecule has 6 heteroatoms. The number of imide groups is 1. The Labute approximate surface area is 77.5 Å². The molecule has 0 bridgehead atoms. The SMILES string of the molecule is O=C1NC(=O)C(=Cc2nccs2)N1. The van der Waals surface area contributed by atoms with Gasteiger partial charge in [0, 0.05) is 17.7 Å². The van der Waals surface area contributed by atoms with Crippen molar-refractivity contribution in [1.29, 1.82) is 0 Å². The molecule has 0 saturated carbocycles. The van der Waals surface area contributed by atoms with Crippen molar-refractivity contribution in [3.8, 4) is 0 Å². The zero-order valence-corrected chi connectivity index (χ0v) is 7.22. The third-order valence-electron chi connectivity index (χ3n) is 1.44. The van der Waals surface area contributed by atoms with Crippen LogP contribution in [0.2, 0.25) is 0 Å². The normalized spacial score (nSPS) is 18.9. The highest BCUT2D eigenvalue weighted by Gasteiger charge is 2.22. The number of carbonyl (C=O) groups is 2. The van der Waals surface area contributed by atoms with E-state index < -0.39 is 11.9 Å². The van der Waals surface area contributed by atoms with Gasteiger partial charge in [0.15, 0.2) is 0 Å². The van der Waals surface area contributed by atoms with Crippen molar-refractivity contribution in [3.05, 3.63) is 22.3 Å². The van der Waals surface area contributed by atoms with E-state index in [1.807, 2.05) is 0 Å². The zero-order valence-electron chi connectivity index (χ0n) is 6.40. The maximum Gasteiger partial charge on any atom is 0.326 e. The molecule has 1 saturated heterocycles. The van der Waals surface area contributed by atoms with Gasteiger partial charge < -0.3 is 5.32 Å². The fourth-order valence-electron chi connectivity index (χ4n) is 0.912. The Morgan fingerprint density at radius 3 is 2.77 bits per heavy atom. The number of rotatable bonds is 1. The molecule has 1 aromatic rings. The average molecular weight is 195 g/mol. The Morgan fingerprint density at radius 1 is 1.38 bits per heavy atom. The van der Waals surface area contributed by atoms with Crippen molar-refractivity contribution >= 4 is 29.4 Å². The van der Waals surface area contributed by atoms with Gasteiger partial charge in [-0.25, -0.2) is 9.78 Å². The van der Waals surface area contributed by atoms with E-state index in [1.54, 1.807) is 11.6 Å². The molecule has 1 fully saturated rings. The van der Waals surface area contributed by atoms with Crippen LogP contribution in [0.4, 0.5) is 4.79 Å². The summed E-state index contributed by atoms with van der Waals surface area (Å²) in [5, 5.41) is 6.95. The predicted molar refractivity (Wildman–Crippen MR) is 46.8 cm³/mol. The van der Waals surface area contributed by atoms with Gasteiger partial charge in [-0.1, -0.05) is 0 Å². The van der Waals surface area contributed by atoms with Crippen LogP contribution in [0.25, 0.3) is 6.08 Å². The van der Waals surface area contributed by atoms with Gasteiger partial charge in [-0.2, -0.15) is 0 Å². The summed E-state index contributed by atoms with van der Waals surface area (Å²) in [6.07, 6.45) is 3.16. The van der Waals surface area contributed by atoms with E-state index in [0.717, 1.165) is 0 Å². The minimum atomic E-state index is -0.493. The first-order valence-electron chi connectivity index (χ1n) is 3.49. The summed E-state index contributed by atoms with van der Waals surface area (Å²) in [6, 6.07) is -0.493. The van der Waals surface area contributed by atoms with E-state index in [0.29, 0.717) is 5.01 Å². The van der Waals surface area contributed by atoms with Crippen molar-refractivity contribution in [1.82, 2.24) is 15.6 Å². The van der Waals surface area contributed by atoms with Crippen molar-refractivity contribution in [2.45, 2.75) is 0 Å². The van der Waals surface area contributed by atoms with Gasteiger partial charge in [0.25, 0.3) is 5.91 Å². The molecular weight excluding hydrogens is 190 g/mol. The van der Waals surface area contributed by atoms with E-state index in [1.165, 1.54) is 17.4 Å². The molecule has 1 aliphatic heterocycles. The molecule has 0 unspecified atom stereocenters. The Hall–Kier alpha value is -1.69. The third kappa shape index (κ3) is 1.57. The summed E-state index contributed by atoms with van der Waals surface area (Å²) in [5.74, 6) is -0.416. The molecule has 0 aromatic carbocycles. The molecule has 5 nitrogen and oxygen atoms in total. The van der Waals surface area contributed by atoms with Crippen LogP contribution in [0, 0.1) is 0 Å². The molecule has 1 aliphatic rings. The van der Waals surface area contributed by atoms with Crippen LogP contribution in [0.5, 0.6) is 0 Å². The molecule has 2 N–H and O–H groups in total. The Morgan fingerprint density at radius 2 is 2.23 bits per heavy atom. The number of urea groups is 1. The van der Waals surface area contributed by atoms with Gasteiger partial charge in [0.05, 0.1) is 0 Å². The number of hydrogen-bond acceptors (Lipinski definition) is 4. The minimum absolute atomic E-state index is 0.236. The second-order valence-corrected chi connectivity index (χ2v) is 3.26. The lowest BCUT2D eigenvalue weighted by Crippen LogP contribution is -2.22. The highest BCUT2D eigenvalue weighted by molar-refractivity contribution is 7.10. The molecule has 3 amide bonds. The van der Waals surface area contributed by atoms with Crippen molar-refractivity contribution < 1.29 is 9.59 Å². The summed E-state index contributed by atoms with van der Waals surface area (Å²) in [7, 11) is 0. The maximum atomic E-state index is 11.0. The van der Waals surface area contributed by atoms with Crippen LogP contribution in [0.1, 0.15) is 5.01 Å². The molecule has 2 rings (SSSR count). The fourth-order valence-corrected chi connectivity index (χ4v) is 1.48. The molecule has 66 valence electrons. The topological polar surface area (TPSA) is 71.1 Å². The van der Waals surface area contributed by atoms with Crippen LogP contribution >= 0.6 is 11.3 Å². The number of nitrogens with zero attached hydrogens (tertiary/aromatic N) is 1. The Balaban J connectivity index is 2.27. The van der Waals surface area contributed by atoms with Gasteiger partial charge in [0.1, 0.15) is 10.7 Å². The van der Waals surface area contributed by atoms with Gasteiger partial charge in [0.2, 0.25) is 0 Å². The first-order valence-corrected chi connectivity index (χ1v) is 4.37. The Bertz CT molecular complexity index is 382. The highest BCUT2D eigenvalue weighted by atomic mass is 32.1. The predicted octanol–water partition coefficient (Wildman–Crippen LogP) is 0.323. The highest BCUT2D eigenvalue weighted by Crippen LogP contribution is 2.10. The largest absolute Gasteiger partial charge is 0.326 e. The molecular formula is C7H5N3O2S. The second kappa shape index (κ2) is 2.98. The average Bonchev–Trinajstić information content (AvgIpc) is 2.63. The molecule has 13 heavy (non-hydrogen) atoms. The fraction of sp³-hybridized carbons (Fsp3) is 0. The van der Waals surface area contributed by atoms with Crippen LogP contribution in [0.15, 0.2) is 17.3 Å². The van der Waals surface area contributed by atoms with Gasteiger partial charge >= 0.3 is 6.03 Å². The molecule has 1 aromatic heterocycles. The summed E-state index contributed by atoms with van der Waals surface area (Å²) >= 11 is 1.39. The van der Waals surface area contributed by atoms with Crippen LogP contribution in [-0.2, 0) is 4.79 Å². The zero-order chi connectivity index (χ0) is 9.26. The van der Waals surface area contributed by atoms with Gasteiger partial charge in [-0.3, -0.25) is 10.1 Å². The first kappa shape index (κ1) is 7.93. The maximum absolute atomic E-state index is 11.0. The van der Waals surface area contributed by atoms with Crippen molar-refractivity contribution in [3.63, 3.8) is 0 Å². The standard InChI is InChI=1S/C7H5N3O2S/c11-6-4(9-7(12)10-6)3-5-8-1-2-13-5/h1-3H,(H2,9,10,11,12). The van der Waals surface area contributed by atoms with E-state index >= 15 is 0 Å². The van der Waals surface area contributed by atoms with Crippen molar-refractivity contribution in [2.24, 2.45) is 0 Å². The number of aromatic nitrogens is 1. The molecule has 2 heterocycles. The number of thiazole rings is 1. The number of hydrogen-bond donors (Lipinski definition) is 2. The lowest BCUT2D eigenvalue weighted by molar-refractivity contribution is -0.115. The molecule has 0 aliphatic carbocycles. The lowest BCUT2D eigenvalue weighted by atomic mass is 10.4. The smallest absolute Gasteiger partial charge is 0.303 e. The monoisotopic (exact) mass is 195 g/mol. The van der Waals surface area contributed by atoms with Crippen LogP contribution in [0.3, 0.4) is 0 Å². The van der Waals surface area contributed by atoms with E-state index in [4.69, 9.17) is 0 Å². The third-order valence-corrected chi connectivity index (χ3v) is 2.16. The van der Waals surface area contributed by atoms with E-state index in [-0.39, 0.29) is 5.70 Å². The summed E-state index contributed by atoms with van der Waals surface area (Å²) in [6.45, 7) is 0. The summed E-state index contributed by atoms with van der Waals surface area (Å²) in [4.78, 5) is 25.7. The van der Waals surface area contributed by atoms with E-state index in [2.05, 4.69) is 15.6 Å².